The number of fused-ring (bicyclic) bond motifs is 1. The summed E-state index contributed by atoms with van der Waals surface area (Å²) in [7, 11) is 0. The Morgan fingerprint density at radius 2 is 1.88 bits per heavy atom. The van der Waals surface area contributed by atoms with Gasteiger partial charge in [-0.05, 0) is 49.2 Å². The molecule has 1 heterocycles. The number of aliphatic hydroxyl groups excluding tert-OH is 2. The summed E-state index contributed by atoms with van der Waals surface area (Å²) in [6, 6.07) is 9.11. The van der Waals surface area contributed by atoms with Crippen molar-refractivity contribution in [3.8, 4) is 23.0 Å². The number of aliphatic hydroxyl groups is 2. The van der Waals surface area contributed by atoms with Gasteiger partial charge in [0.05, 0.1) is 0 Å². The van der Waals surface area contributed by atoms with Gasteiger partial charge in [0.2, 0.25) is 0 Å². The summed E-state index contributed by atoms with van der Waals surface area (Å²) in [4.78, 5) is 0. The highest BCUT2D eigenvalue weighted by Crippen LogP contribution is 2.45. The van der Waals surface area contributed by atoms with Gasteiger partial charge in [-0.2, -0.15) is 0 Å². The molecule has 0 saturated carbocycles. The van der Waals surface area contributed by atoms with Crippen LogP contribution < -0.4 is 9.47 Å². The predicted molar refractivity (Wildman–Crippen MR) is 87.6 cm³/mol. The minimum atomic E-state index is -1.70. The first-order valence-electron chi connectivity index (χ1n) is 7.94. The average Bonchev–Trinajstić information content (AvgIpc) is 2.59. The summed E-state index contributed by atoms with van der Waals surface area (Å²) in [6.45, 7) is 1.92. The Hall–Kier alpha value is -2.48. The van der Waals surface area contributed by atoms with Gasteiger partial charge in [-0.25, -0.2) is 0 Å². The molecule has 0 bridgehead atoms. The molecule has 0 fully saturated rings. The van der Waals surface area contributed by atoms with Gasteiger partial charge in [0, 0.05) is 18.8 Å². The van der Waals surface area contributed by atoms with Gasteiger partial charge in [-0.3, -0.25) is 0 Å². The van der Waals surface area contributed by atoms with Gasteiger partial charge in [0.1, 0.15) is 0 Å². The normalized spacial score (nSPS) is 22.0. The van der Waals surface area contributed by atoms with Crippen molar-refractivity contribution in [2.45, 2.75) is 25.4 Å². The molecule has 134 valence electrons. The lowest BCUT2D eigenvalue weighted by Gasteiger charge is -2.41. The van der Waals surface area contributed by atoms with E-state index < -0.39 is 12.1 Å². The third-order valence-electron chi connectivity index (χ3n) is 3.97. The molecule has 2 aromatic carbocycles. The molecule has 2 atom stereocenters. The van der Waals surface area contributed by atoms with Crippen LogP contribution in [0.25, 0.3) is 0 Å². The SMILES string of the molecule is CCO[C@@]1(c2ccc(O)c(O)c2)Oc2cc(CCO)ccc2O[C@@H]1O. The highest BCUT2D eigenvalue weighted by Gasteiger charge is 2.49. The summed E-state index contributed by atoms with van der Waals surface area (Å²) >= 11 is 0. The zero-order chi connectivity index (χ0) is 18.0. The van der Waals surface area contributed by atoms with Gasteiger partial charge in [0.15, 0.2) is 23.0 Å². The first-order chi connectivity index (χ1) is 12.0. The summed E-state index contributed by atoms with van der Waals surface area (Å²) in [5.74, 6) is -1.69. The van der Waals surface area contributed by atoms with Gasteiger partial charge in [0.25, 0.3) is 6.29 Å². The van der Waals surface area contributed by atoms with E-state index in [1.807, 2.05) is 0 Å². The Kier molecular flexibility index (Phi) is 4.71. The third-order valence-corrected chi connectivity index (χ3v) is 3.97. The lowest BCUT2D eigenvalue weighted by atomic mass is 10.0. The Labute approximate surface area is 144 Å². The van der Waals surface area contributed by atoms with Crippen LogP contribution in [0.2, 0.25) is 0 Å². The van der Waals surface area contributed by atoms with Crippen LogP contribution in [0.1, 0.15) is 18.1 Å². The van der Waals surface area contributed by atoms with Crippen LogP contribution in [0.5, 0.6) is 23.0 Å². The van der Waals surface area contributed by atoms with E-state index in [4.69, 9.17) is 19.3 Å². The number of hydrogen-bond acceptors (Lipinski definition) is 7. The lowest BCUT2D eigenvalue weighted by Crippen LogP contribution is -2.52. The third kappa shape index (κ3) is 3.09. The van der Waals surface area contributed by atoms with Gasteiger partial charge in [-0.1, -0.05) is 6.07 Å². The summed E-state index contributed by atoms with van der Waals surface area (Å²) in [5, 5.41) is 39.0. The molecule has 0 spiro atoms. The van der Waals surface area contributed by atoms with E-state index in [1.165, 1.54) is 18.2 Å². The second-order valence-corrected chi connectivity index (χ2v) is 5.63. The van der Waals surface area contributed by atoms with Gasteiger partial charge in [-0.15, -0.1) is 0 Å². The Balaban J connectivity index is 2.06. The Morgan fingerprint density at radius 3 is 2.56 bits per heavy atom. The number of ether oxygens (including phenoxy) is 3. The molecule has 0 aliphatic carbocycles. The minimum absolute atomic E-state index is 0.00922. The molecule has 0 radical (unpaired) electrons. The smallest absolute Gasteiger partial charge is 0.301 e. The Morgan fingerprint density at radius 1 is 1.08 bits per heavy atom. The highest BCUT2D eigenvalue weighted by molar-refractivity contribution is 5.47. The molecule has 0 aromatic heterocycles. The lowest BCUT2D eigenvalue weighted by molar-refractivity contribution is -0.308. The van der Waals surface area contributed by atoms with Crippen molar-refractivity contribution in [1.29, 1.82) is 0 Å². The van der Waals surface area contributed by atoms with Crippen LogP contribution in [0, 0.1) is 0 Å². The number of phenols is 2. The maximum absolute atomic E-state index is 10.5. The fourth-order valence-corrected chi connectivity index (χ4v) is 2.77. The van der Waals surface area contributed by atoms with Crippen LogP contribution in [-0.4, -0.2) is 39.9 Å². The zero-order valence-electron chi connectivity index (χ0n) is 13.7. The summed E-state index contributed by atoms with van der Waals surface area (Å²) in [6.07, 6.45) is -1.05. The van der Waals surface area contributed by atoms with Crippen LogP contribution >= 0.6 is 0 Å². The van der Waals surface area contributed by atoms with Gasteiger partial charge < -0.3 is 34.6 Å². The van der Waals surface area contributed by atoms with E-state index in [9.17, 15) is 15.3 Å². The van der Waals surface area contributed by atoms with Crippen LogP contribution in [0.15, 0.2) is 36.4 Å². The van der Waals surface area contributed by atoms with E-state index in [2.05, 4.69) is 0 Å². The van der Waals surface area contributed by atoms with Crippen LogP contribution in [-0.2, 0) is 16.9 Å². The van der Waals surface area contributed by atoms with Crippen molar-refractivity contribution in [3.63, 3.8) is 0 Å². The molecule has 4 N–H and O–H groups in total. The Bertz CT molecular complexity index is 761. The van der Waals surface area contributed by atoms with E-state index >= 15 is 0 Å². The van der Waals surface area contributed by atoms with Crippen molar-refractivity contribution >= 4 is 0 Å². The highest BCUT2D eigenvalue weighted by atomic mass is 16.8. The average molecular weight is 348 g/mol. The molecule has 7 heteroatoms. The van der Waals surface area contributed by atoms with E-state index in [0.29, 0.717) is 17.9 Å². The van der Waals surface area contributed by atoms with E-state index in [-0.39, 0.29) is 30.3 Å². The maximum Gasteiger partial charge on any atom is 0.301 e. The molecule has 0 saturated heterocycles. The first-order valence-corrected chi connectivity index (χ1v) is 7.94. The number of benzene rings is 2. The fourth-order valence-electron chi connectivity index (χ4n) is 2.77. The molecular weight excluding hydrogens is 328 g/mol. The molecule has 25 heavy (non-hydrogen) atoms. The van der Waals surface area contributed by atoms with Crippen molar-refractivity contribution in [3.05, 3.63) is 47.5 Å². The number of aromatic hydroxyl groups is 2. The predicted octanol–water partition coefficient (Wildman–Crippen LogP) is 1.61. The van der Waals surface area contributed by atoms with Crippen molar-refractivity contribution in [2.75, 3.05) is 13.2 Å². The molecule has 0 unspecified atom stereocenters. The molecule has 0 amide bonds. The summed E-state index contributed by atoms with van der Waals surface area (Å²) in [5.41, 5.74) is 1.12. The molecular formula is C18H20O7. The first kappa shape index (κ1) is 17.3. The largest absolute Gasteiger partial charge is 0.504 e. The fraction of sp³-hybridized carbons (Fsp3) is 0.333. The molecule has 3 rings (SSSR count). The van der Waals surface area contributed by atoms with Crippen LogP contribution in [0.4, 0.5) is 0 Å². The molecule has 7 nitrogen and oxygen atoms in total. The van der Waals surface area contributed by atoms with Crippen molar-refractivity contribution in [2.24, 2.45) is 0 Å². The summed E-state index contributed by atoms with van der Waals surface area (Å²) < 4.78 is 17.2. The van der Waals surface area contributed by atoms with Crippen molar-refractivity contribution in [1.82, 2.24) is 0 Å². The second kappa shape index (κ2) is 6.79. The topological polar surface area (TPSA) is 109 Å². The van der Waals surface area contributed by atoms with Crippen LogP contribution in [0.3, 0.4) is 0 Å². The molecule has 2 aromatic rings. The maximum atomic E-state index is 10.5. The molecule has 1 aliphatic rings. The minimum Gasteiger partial charge on any atom is -0.504 e. The monoisotopic (exact) mass is 348 g/mol. The quantitative estimate of drug-likeness (QED) is 0.608. The second-order valence-electron chi connectivity index (χ2n) is 5.63. The number of phenolic OH excluding ortho intramolecular Hbond substituents is 2. The van der Waals surface area contributed by atoms with Crippen molar-refractivity contribution < 1.29 is 34.6 Å². The van der Waals surface area contributed by atoms with E-state index in [0.717, 1.165) is 5.56 Å². The number of hydrogen-bond donors (Lipinski definition) is 4. The standard InChI is InChI=1S/C18H20O7/c1-2-23-18(12-4-5-13(20)14(21)10-12)17(22)24-15-6-3-11(7-8-19)9-16(15)25-18/h3-6,9-10,17,19-22H,2,7-8H2,1H3/t17-,18-/m0/s1. The number of rotatable bonds is 5. The molecule has 1 aliphatic heterocycles. The van der Waals surface area contributed by atoms with E-state index in [1.54, 1.807) is 25.1 Å². The zero-order valence-corrected chi connectivity index (χ0v) is 13.7. The van der Waals surface area contributed by atoms with Gasteiger partial charge >= 0.3 is 5.79 Å².